The SMILES string of the molecule is CCCCC(=O)N1CCN(CC#Cc2ccc(OCCCc3sc(N4CCc5cccc(C(=O)Nc6nc7ccccc7s6)c5C4)nc3C(=O)OCOC)c(F)c2)CC1. The summed E-state index contributed by atoms with van der Waals surface area (Å²) in [6, 6.07) is 18.2. The number of aryl methyl sites for hydroxylation is 1. The molecule has 3 aromatic carbocycles. The molecule has 0 radical (unpaired) electrons. The molecule has 1 N–H and O–H groups in total. The molecule has 0 saturated carbocycles. The van der Waals surface area contributed by atoms with Crippen LogP contribution in [0.15, 0.2) is 60.7 Å². The van der Waals surface area contributed by atoms with Gasteiger partial charge in [-0.05, 0) is 73.2 Å². The average Bonchev–Trinajstić information content (AvgIpc) is 3.88. The number of anilines is 2. The molecule has 4 heterocycles. The molecule has 1 saturated heterocycles. The first kappa shape index (κ1) is 41.7. The number of thiazole rings is 2. The topological polar surface area (TPSA) is 126 Å². The number of fused-ring (bicyclic) bond motifs is 2. The molecule has 2 aliphatic heterocycles. The Kier molecular flexibility index (Phi) is 14.2. The molecule has 2 amide bonds. The molecule has 7 rings (SSSR count). The van der Waals surface area contributed by atoms with Gasteiger partial charge in [0.15, 0.2) is 34.3 Å². The van der Waals surface area contributed by atoms with Crippen LogP contribution >= 0.6 is 22.7 Å². The number of para-hydroxylation sites is 1. The van der Waals surface area contributed by atoms with Crippen LogP contribution in [-0.4, -0.2) is 97.3 Å². The van der Waals surface area contributed by atoms with E-state index in [4.69, 9.17) is 19.2 Å². The Bertz CT molecular complexity index is 2310. The van der Waals surface area contributed by atoms with Crippen molar-refractivity contribution in [3.05, 3.63) is 99.3 Å². The van der Waals surface area contributed by atoms with Crippen molar-refractivity contribution in [3.8, 4) is 17.6 Å². The Hall–Kier alpha value is -5.40. The van der Waals surface area contributed by atoms with Crippen LogP contribution in [0.3, 0.4) is 0 Å². The third kappa shape index (κ3) is 10.6. The molecule has 59 heavy (non-hydrogen) atoms. The highest BCUT2D eigenvalue weighted by atomic mass is 32.1. The van der Waals surface area contributed by atoms with Crippen molar-refractivity contribution < 1.29 is 33.0 Å². The number of hydrogen-bond acceptors (Lipinski definition) is 12. The molecular formula is C44H47FN6O6S2. The maximum Gasteiger partial charge on any atom is 0.360 e. The molecule has 12 nitrogen and oxygen atoms in total. The predicted molar refractivity (Wildman–Crippen MR) is 228 cm³/mol. The number of ether oxygens (including phenoxy) is 3. The zero-order valence-corrected chi connectivity index (χ0v) is 34.9. The summed E-state index contributed by atoms with van der Waals surface area (Å²) in [5, 5.41) is 4.16. The van der Waals surface area contributed by atoms with Crippen molar-refractivity contribution in [1.29, 1.82) is 0 Å². The first-order valence-electron chi connectivity index (χ1n) is 19.9. The number of hydrogen-bond donors (Lipinski definition) is 1. The Morgan fingerprint density at radius 2 is 1.81 bits per heavy atom. The van der Waals surface area contributed by atoms with E-state index in [1.165, 1.54) is 35.8 Å². The zero-order valence-electron chi connectivity index (χ0n) is 33.3. The molecule has 0 unspecified atom stereocenters. The van der Waals surface area contributed by atoms with Crippen LogP contribution in [0.25, 0.3) is 10.2 Å². The molecule has 2 aromatic heterocycles. The van der Waals surface area contributed by atoms with Crippen LogP contribution < -0.4 is 15.0 Å². The molecule has 308 valence electrons. The number of rotatable bonds is 15. The summed E-state index contributed by atoms with van der Waals surface area (Å²) in [5.41, 5.74) is 4.13. The summed E-state index contributed by atoms with van der Waals surface area (Å²) < 4.78 is 32.1. The van der Waals surface area contributed by atoms with Crippen molar-refractivity contribution in [3.63, 3.8) is 0 Å². The van der Waals surface area contributed by atoms with Crippen LogP contribution in [-0.2, 0) is 33.7 Å². The Balaban J connectivity index is 0.946. The monoisotopic (exact) mass is 838 g/mol. The molecule has 0 aliphatic carbocycles. The van der Waals surface area contributed by atoms with Gasteiger partial charge in [-0.1, -0.05) is 60.8 Å². The Labute approximate surface area is 351 Å². The van der Waals surface area contributed by atoms with Gasteiger partial charge in [-0.2, -0.15) is 0 Å². The quantitative estimate of drug-likeness (QED) is 0.0503. The second-order valence-corrected chi connectivity index (χ2v) is 16.4. The summed E-state index contributed by atoms with van der Waals surface area (Å²) in [5.74, 6) is 5.20. The van der Waals surface area contributed by atoms with Gasteiger partial charge in [0.25, 0.3) is 5.91 Å². The summed E-state index contributed by atoms with van der Waals surface area (Å²) in [6.07, 6.45) is 4.17. The summed E-state index contributed by atoms with van der Waals surface area (Å²) in [6.45, 7) is 6.66. The standard InChI is InChI=1S/C44H47FN6O6S2/c1-3-4-16-39(52)50-24-22-49(23-25-50)20-8-10-30-17-18-36(34(45)27-30)56-26-9-15-38-40(42(54)57-29-55-2)47-44(59-38)51-21-19-31-11-7-12-32(33(31)28-51)41(53)48-43-46-35-13-5-6-14-37(35)58-43/h5-7,11-14,17-18,27H,3-4,9,15-16,19-26,28-29H2,1-2H3,(H,46,48,53). The number of esters is 1. The fourth-order valence-electron chi connectivity index (χ4n) is 7.04. The average molecular weight is 839 g/mol. The molecule has 0 bridgehead atoms. The Morgan fingerprint density at radius 1 is 0.966 bits per heavy atom. The fourth-order valence-corrected chi connectivity index (χ4v) is 9.01. The Morgan fingerprint density at radius 3 is 2.61 bits per heavy atom. The number of aromatic nitrogens is 2. The molecule has 0 atom stereocenters. The van der Waals surface area contributed by atoms with E-state index in [9.17, 15) is 14.4 Å². The number of unbranched alkanes of at least 4 members (excludes halogenated alkanes) is 1. The number of carbonyl (C=O) groups is 3. The van der Waals surface area contributed by atoms with E-state index in [1.54, 1.807) is 12.1 Å². The van der Waals surface area contributed by atoms with Gasteiger partial charge in [0.05, 0.1) is 23.4 Å². The van der Waals surface area contributed by atoms with Gasteiger partial charge in [0.1, 0.15) is 0 Å². The first-order chi connectivity index (χ1) is 28.8. The summed E-state index contributed by atoms with van der Waals surface area (Å²) >= 11 is 2.82. The van der Waals surface area contributed by atoms with Crippen molar-refractivity contribution >= 4 is 60.9 Å². The highest BCUT2D eigenvalue weighted by molar-refractivity contribution is 7.22. The van der Waals surface area contributed by atoms with E-state index in [0.717, 1.165) is 47.3 Å². The molecule has 1 fully saturated rings. The lowest BCUT2D eigenvalue weighted by Crippen LogP contribution is -2.48. The van der Waals surface area contributed by atoms with E-state index in [-0.39, 0.29) is 36.7 Å². The number of nitrogens with zero attached hydrogens (tertiary/aromatic N) is 5. The van der Waals surface area contributed by atoms with E-state index in [0.29, 0.717) is 84.7 Å². The largest absolute Gasteiger partial charge is 0.491 e. The van der Waals surface area contributed by atoms with Crippen LogP contribution in [0.1, 0.15) is 75.0 Å². The van der Waals surface area contributed by atoms with E-state index >= 15 is 4.39 Å². The van der Waals surface area contributed by atoms with Crippen molar-refractivity contribution in [2.24, 2.45) is 0 Å². The van der Waals surface area contributed by atoms with Crippen LogP contribution in [0.5, 0.6) is 5.75 Å². The number of nitrogens with one attached hydrogen (secondary N) is 1. The second kappa shape index (κ2) is 20.0. The van der Waals surface area contributed by atoms with Crippen LogP contribution in [0.2, 0.25) is 0 Å². The van der Waals surface area contributed by atoms with Gasteiger partial charge < -0.3 is 24.0 Å². The minimum Gasteiger partial charge on any atom is -0.491 e. The molecule has 15 heteroatoms. The minimum atomic E-state index is -0.596. The van der Waals surface area contributed by atoms with Gasteiger partial charge in [0.2, 0.25) is 5.91 Å². The van der Waals surface area contributed by atoms with E-state index < -0.39 is 11.8 Å². The third-order valence-corrected chi connectivity index (χ3v) is 12.4. The van der Waals surface area contributed by atoms with Gasteiger partial charge in [-0.3, -0.25) is 19.8 Å². The van der Waals surface area contributed by atoms with E-state index in [1.807, 2.05) is 47.4 Å². The minimum absolute atomic E-state index is 0.124. The second-order valence-electron chi connectivity index (χ2n) is 14.3. The molecule has 5 aromatic rings. The van der Waals surface area contributed by atoms with Gasteiger partial charge >= 0.3 is 5.97 Å². The van der Waals surface area contributed by atoms with Crippen LogP contribution in [0, 0.1) is 17.7 Å². The van der Waals surface area contributed by atoms with Gasteiger partial charge in [-0.25, -0.2) is 19.2 Å². The highest BCUT2D eigenvalue weighted by Crippen LogP contribution is 2.34. The van der Waals surface area contributed by atoms with Crippen molar-refractivity contribution in [1.82, 2.24) is 19.8 Å². The normalized spacial score (nSPS) is 14.1. The first-order valence-corrected chi connectivity index (χ1v) is 21.5. The van der Waals surface area contributed by atoms with Gasteiger partial charge in [0, 0.05) is 68.8 Å². The lowest BCUT2D eigenvalue weighted by atomic mass is 9.94. The number of halogens is 1. The smallest absolute Gasteiger partial charge is 0.360 e. The number of methoxy groups -OCH3 is 1. The number of benzene rings is 3. The van der Waals surface area contributed by atoms with E-state index in [2.05, 4.69) is 38.9 Å². The summed E-state index contributed by atoms with van der Waals surface area (Å²) in [4.78, 5) is 55.2. The lowest BCUT2D eigenvalue weighted by Gasteiger charge is -2.33. The van der Waals surface area contributed by atoms with Crippen LogP contribution in [0.4, 0.5) is 14.7 Å². The fraction of sp³-hybridized carbons (Fsp3) is 0.386. The maximum absolute atomic E-state index is 15.1. The summed E-state index contributed by atoms with van der Waals surface area (Å²) in [7, 11) is 1.44. The predicted octanol–water partition coefficient (Wildman–Crippen LogP) is 7.17. The molecule has 2 aliphatic rings. The van der Waals surface area contributed by atoms with Crippen molar-refractivity contribution in [2.75, 3.05) is 70.0 Å². The number of piperazine rings is 1. The highest BCUT2D eigenvalue weighted by Gasteiger charge is 2.28. The number of amides is 2. The number of carbonyl (C=O) groups excluding carboxylic acids is 3. The lowest BCUT2D eigenvalue weighted by molar-refractivity contribution is -0.132. The zero-order chi connectivity index (χ0) is 41.1. The van der Waals surface area contributed by atoms with Crippen molar-refractivity contribution in [2.45, 2.75) is 52.0 Å². The molecule has 0 spiro atoms. The van der Waals surface area contributed by atoms with Gasteiger partial charge in [-0.15, -0.1) is 11.3 Å². The maximum atomic E-state index is 15.1. The molecular weight excluding hydrogens is 792 g/mol. The third-order valence-electron chi connectivity index (χ3n) is 10.2.